The van der Waals surface area contributed by atoms with Crippen molar-refractivity contribution in [1.29, 1.82) is 0 Å². The Bertz CT molecular complexity index is 413. The third kappa shape index (κ3) is 2.50. The molecule has 0 heterocycles. The molecule has 15 heavy (non-hydrogen) atoms. The number of fused-ring (bicyclic) bond motifs is 1. The molecule has 0 atom stereocenters. The third-order valence-corrected chi connectivity index (χ3v) is 2.25. The Kier molecular flexibility index (Phi) is 4.17. The molecule has 0 aliphatic heterocycles. The predicted molar refractivity (Wildman–Crippen MR) is 69.6 cm³/mol. The molecule has 0 bridgehead atoms. The number of anilines is 1. The molecule has 0 unspecified atom stereocenters. The Morgan fingerprint density at radius 2 is 1.40 bits per heavy atom. The third-order valence-electron chi connectivity index (χ3n) is 2.25. The van der Waals surface area contributed by atoms with Crippen molar-refractivity contribution in [1.82, 2.24) is 0 Å². The first kappa shape index (κ1) is 11.6. The summed E-state index contributed by atoms with van der Waals surface area (Å²) >= 11 is 0. The van der Waals surface area contributed by atoms with E-state index >= 15 is 0 Å². The molecule has 0 saturated carbocycles. The number of hydrogen-bond donors (Lipinski definition) is 0. The summed E-state index contributed by atoms with van der Waals surface area (Å²) in [4.78, 5) is 2.14. The highest BCUT2D eigenvalue weighted by Gasteiger charge is 1.99. The summed E-state index contributed by atoms with van der Waals surface area (Å²) in [5.41, 5.74) is 1.28. The number of nitrogens with zero attached hydrogens (tertiary/aromatic N) is 1. The minimum absolute atomic E-state index is 1.28. The zero-order valence-electron chi connectivity index (χ0n) is 9.99. The minimum Gasteiger partial charge on any atom is -0.377 e. The van der Waals surface area contributed by atoms with Crippen molar-refractivity contribution in [2.45, 2.75) is 13.8 Å². The lowest BCUT2D eigenvalue weighted by Crippen LogP contribution is -2.08. The second-order valence-electron chi connectivity index (χ2n) is 3.39. The van der Waals surface area contributed by atoms with Gasteiger partial charge in [0.25, 0.3) is 0 Å². The molecule has 0 aromatic heterocycles. The standard InChI is InChI=1S/C12H13N.C2H6/c1-13(2)12-9-5-7-10-6-3-4-8-11(10)12;1-2/h3-9H,1-2H3;1-2H3. The summed E-state index contributed by atoms with van der Waals surface area (Å²) in [6.07, 6.45) is 0. The van der Waals surface area contributed by atoms with Crippen LogP contribution in [0, 0.1) is 0 Å². The molecule has 2 rings (SSSR count). The van der Waals surface area contributed by atoms with Crippen molar-refractivity contribution in [2.75, 3.05) is 19.0 Å². The van der Waals surface area contributed by atoms with Crippen molar-refractivity contribution >= 4 is 16.5 Å². The molecule has 0 amide bonds. The average molecular weight is 201 g/mol. The Morgan fingerprint density at radius 1 is 0.800 bits per heavy atom. The van der Waals surface area contributed by atoms with Gasteiger partial charge in [-0.05, 0) is 11.5 Å². The summed E-state index contributed by atoms with van der Waals surface area (Å²) < 4.78 is 0. The van der Waals surface area contributed by atoms with E-state index in [0.29, 0.717) is 0 Å². The molecule has 0 aliphatic carbocycles. The summed E-state index contributed by atoms with van der Waals surface area (Å²) in [5.74, 6) is 0. The topological polar surface area (TPSA) is 3.24 Å². The minimum atomic E-state index is 1.28. The van der Waals surface area contributed by atoms with Crippen LogP contribution >= 0.6 is 0 Å². The van der Waals surface area contributed by atoms with Gasteiger partial charge in [0.1, 0.15) is 0 Å². The molecule has 0 spiro atoms. The van der Waals surface area contributed by atoms with Crippen LogP contribution in [-0.2, 0) is 0 Å². The van der Waals surface area contributed by atoms with E-state index < -0.39 is 0 Å². The van der Waals surface area contributed by atoms with Crippen molar-refractivity contribution in [3.8, 4) is 0 Å². The van der Waals surface area contributed by atoms with Crippen molar-refractivity contribution in [3.63, 3.8) is 0 Å². The zero-order valence-corrected chi connectivity index (χ0v) is 9.99. The Labute approximate surface area is 92.3 Å². The summed E-state index contributed by atoms with van der Waals surface area (Å²) in [5, 5.41) is 2.61. The van der Waals surface area contributed by atoms with E-state index in [1.54, 1.807) is 0 Å². The monoisotopic (exact) mass is 201 g/mol. The van der Waals surface area contributed by atoms with Crippen LogP contribution < -0.4 is 4.90 Å². The van der Waals surface area contributed by atoms with Gasteiger partial charge in [0.05, 0.1) is 0 Å². The highest BCUT2D eigenvalue weighted by atomic mass is 15.1. The van der Waals surface area contributed by atoms with Gasteiger partial charge in [-0.3, -0.25) is 0 Å². The normalized spacial score (nSPS) is 9.33. The maximum Gasteiger partial charge on any atom is 0.0440 e. The molecule has 1 heteroatoms. The molecule has 0 radical (unpaired) electrons. The van der Waals surface area contributed by atoms with Crippen molar-refractivity contribution in [3.05, 3.63) is 42.5 Å². The van der Waals surface area contributed by atoms with E-state index in [1.165, 1.54) is 16.5 Å². The molecule has 0 aliphatic rings. The summed E-state index contributed by atoms with van der Waals surface area (Å²) in [6.45, 7) is 4.00. The molecule has 0 saturated heterocycles. The van der Waals surface area contributed by atoms with Gasteiger partial charge in [0.2, 0.25) is 0 Å². The Hall–Kier alpha value is -1.50. The maximum atomic E-state index is 2.16. The fraction of sp³-hybridized carbons (Fsp3) is 0.286. The second kappa shape index (κ2) is 5.40. The summed E-state index contributed by atoms with van der Waals surface area (Å²) in [6, 6.07) is 14.8. The van der Waals surface area contributed by atoms with Crippen LogP contribution in [-0.4, -0.2) is 14.1 Å². The van der Waals surface area contributed by atoms with Crippen LogP contribution in [0.5, 0.6) is 0 Å². The molecule has 0 N–H and O–H groups in total. The zero-order chi connectivity index (χ0) is 11.3. The van der Waals surface area contributed by atoms with Crippen LogP contribution in [0.15, 0.2) is 42.5 Å². The van der Waals surface area contributed by atoms with Gasteiger partial charge in [-0.25, -0.2) is 0 Å². The molecule has 80 valence electrons. The van der Waals surface area contributed by atoms with Gasteiger partial charge < -0.3 is 4.90 Å². The highest BCUT2D eigenvalue weighted by Crippen LogP contribution is 2.24. The van der Waals surface area contributed by atoms with Gasteiger partial charge >= 0.3 is 0 Å². The quantitative estimate of drug-likeness (QED) is 0.675. The van der Waals surface area contributed by atoms with Crippen LogP contribution in [0.25, 0.3) is 10.8 Å². The largest absolute Gasteiger partial charge is 0.377 e. The Balaban J connectivity index is 0.000000531. The van der Waals surface area contributed by atoms with E-state index in [2.05, 4.69) is 61.5 Å². The summed E-state index contributed by atoms with van der Waals surface area (Å²) in [7, 11) is 4.14. The Morgan fingerprint density at radius 3 is 2.07 bits per heavy atom. The van der Waals surface area contributed by atoms with E-state index in [-0.39, 0.29) is 0 Å². The van der Waals surface area contributed by atoms with Crippen LogP contribution in [0.2, 0.25) is 0 Å². The maximum absolute atomic E-state index is 2.16. The van der Waals surface area contributed by atoms with Gasteiger partial charge in [0, 0.05) is 25.2 Å². The molecule has 1 nitrogen and oxygen atoms in total. The molecular weight excluding hydrogens is 182 g/mol. The number of rotatable bonds is 1. The van der Waals surface area contributed by atoms with E-state index in [4.69, 9.17) is 0 Å². The molecule has 2 aromatic rings. The lowest BCUT2D eigenvalue weighted by atomic mass is 10.1. The van der Waals surface area contributed by atoms with Gasteiger partial charge in [0.15, 0.2) is 0 Å². The predicted octanol–water partition coefficient (Wildman–Crippen LogP) is 3.93. The molecule has 0 fully saturated rings. The fourth-order valence-electron chi connectivity index (χ4n) is 1.60. The second-order valence-corrected chi connectivity index (χ2v) is 3.39. The smallest absolute Gasteiger partial charge is 0.0440 e. The van der Waals surface area contributed by atoms with E-state index in [0.717, 1.165) is 0 Å². The van der Waals surface area contributed by atoms with Crippen molar-refractivity contribution in [2.24, 2.45) is 0 Å². The number of hydrogen-bond acceptors (Lipinski definition) is 1. The van der Waals surface area contributed by atoms with Gasteiger partial charge in [-0.15, -0.1) is 0 Å². The van der Waals surface area contributed by atoms with E-state index in [9.17, 15) is 0 Å². The highest BCUT2D eigenvalue weighted by molar-refractivity contribution is 5.94. The molecule has 2 aromatic carbocycles. The average Bonchev–Trinajstić information content (AvgIpc) is 2.31. The lowest BCUT2D eigenvalue weighted by Gasteiger charge is -2.14. The van der Waals surface area contributed by atoms with Crippen LogP contribution in [0.1, 0.15) is 13.8 Å². The van der Waals surface area contributed by atoms with Gasteiger partial charge in [-0.2, -0.15) is 0 Å². The lowest BCUT2D eigenvalue weighted by molar-refractivity contribution is 1.14. The number of benzene rings is 2. The SMILES string of the molecule is CC.CN(C)c1cccc2ccccc12. The van der Waals surface area contributed by atoms with Gasteiger partial charge in [-0.1, -0.05) is 50.2 Å². The fourth-order valence-corrected chi connectivity index (χ4v) is 1.60. The van der Waals surface area contributed by atoms with Crippen molar-refractivity contribution < 1.29 is 0 Å². The first-order valence-corrected chi connectivity index (χ1v) is 5.44. The van der Waals surface area contributed by atoms with E-state index in [1.807, 2.05) is 13.8 Å². The molecular formula is C14H19N. The van der Waals surface area contributed by atoms with Crippen LogP contribution in [0.4, 0.5) is 5.69 Å². The van der Waals surface area contributed by atoms with Crippen LogP contribution in [0.3, 0.4) is 0 Å². The first-order chi connectivity index (χ1) is 7.29. The first-order valence-electron chi connectivity index (χ1n) is 5.44.